The molecule has 0 aliphatic carbocycles. The number of hydrogen-bond donors (Lipinski definition) is 1. The Kier molecular flexibility index (Phi) is 6.38. The zero-order chi connectivity index (χ0) is 14.2. The number of para-hydroxylation sites is 1. The van der Waals surface area contributed by atoms with Crippen molar-refractivity contribution < 1.29 is 0 Å². The van der Waals surface area contributed by atoms with Gasteiger partial charge in [-0.3, -0.25) is 0 Å². The molecule has 1 unspecified atom stereocenters. The van der Waals surface area contributed by atoms with Gasteiger partial charge in [0.05, 0.1) is 0 Å². The van der Waals surface area contributed by atoms with E-state index in [1.165, 1.54) is 57.3 Å². The number of nitrogens with one attached hydrogen (secondary N) is 1. The SMILES string of the molecule is CCCCCC(C)NC1CCN(c2ccccc2)CC1. The molecule has 1 atom stereocenters. The van der Waals surface area contributed by atoms with Crippen molar-refractivity contribution in [3.63, 3.8) is 0 Å². The van der Waals surface area contributed by atoms with Gasteiger partial charge >= 0.3 is 0 Å². The maximum atomic E-state index is 3.82. The molecule has 20 heavy (non-hydrogen) atoms. The van der Waals surface area contributed by atoms with E-state index in [0.29, 0.717) is 12.1 Å². The van der Waals surface area contributed by atoms with E-state index in [1.807, 2.05) is 0 Å². The van der Waals surface area contributed by atoms with Crippen molar-refractivity contribution >= 4 is 5.69 Å². The van der Waals surface area contributed by atoms with Gasteiger partial charge in [0.25, 0.3) is 0 Å². The van der Waals surface area contributed by atoms with E-state index in [0.717, 1.165) is 0 Å². The van der Waals surface area contributed by atoms with Crippen LogP contribution in [-0.4, -0.2) is 25.2 Å². The summed E-state index contributed by atoms with van der Waals surface area (Å²) in [6, 6.07) is 12.2. The molecule has 0 radical (unpaired) electrons. The molecule has 0 spiro atoms. The summed E-state index contributed by atoms with van der Waals surface area (Å²) >= 11 is 0. The van der Waals surface area contributed by atoms with Gasteiger partial charge in [0.1, 0.15) is 0 Å². The van der Waals surface area contributed by atoms with E-state index in [9.17, 15) is 0 Å². The molecule has 0 aromatic heterocycles. The van der Waals surface area contributed by atoms with Crippen molar-refractivity contribution in [1.82, 2.24) is 5.32 Å². The summed E-state index contributed by atoms with van der Waals surface area (Å²) in [5.41, 5.74) is 1.38. The average molecular weight is 274 g/mol. The molecule has 0 bridgehead atoms. The van der Waals surface area contributed by atoms with Gasteiger partial charge in [-0.15, -0.1) is 0 Å². The Bertz CT molecular complexity index is 355. The molecule has 1 aliphatic rings. The van der Waals surface area contributed by atoms with Gasteiger partial charge in [-0.05, 0) is 38.3 Å². The second-order valence-electron chi connectivity index (χ2n) is 6.16. The number of rotatable bonds is 7. The molecule has 2 rings (SSSR count). The molecule has 1 saturated heterocycles. The Hall–Kier alpha value is -1.02. The van der Waals surface area contributed by atoms with Gasteiger partial charge in [-0.2, -0.15) is 0 Å². The molecule has 2 heteroatoms. The number of benzene rings is 1. The van der Waals surface area contributed by atoms with Crippen LogP contribution >= 0.6 is 0 Å². The van der Waals surface area contributed by atoms with E-state index in [-0.39, 0.29) is 0 Å². The van der Waals surface area contributed by atoms with E-state index < -0.39 is 0 Å². The van der Waals surface area contributed by atoms with Gasteiger partial charge in [0.15, 0.2) is 0 Å². The molecule has 1 heterocycles. The van der Waals surface area contributed by atoms with Gasteiger partial charge in [-0.25, -0.2) is 0 Å². The molecule has 2 nitrogen and oxygen atoms in total. The lowest BCUT2D eigenvalue weighted by molar-refractivity contribution is 0.361. The van der Waals surface area contributed by atoms with Crippen LogP contribution in [0.3, 0.4) is 0 Å². The highest BCUT2D eigenvalue weighted by atomic mass is 15.1. The normalized spacial score (nSPS) is 18.2. The quantitative estimate of drug-likeness (QED) is 0.749. The molecule has 112 valence electrons. The van der Waals surface area contributed by atoms with Crippen molar-refractivity contribution in [1.29, 1.82) is 0 Å². The minimum Gasteiger partial charge on any atom is -0.371 e. The lowest BCUT2D eigenvalue weighted by Gasteiger charge is -2.35. The Morgan fingerprint density at radius 3 is 2.50 bits per heavy atom. The van der Waals surface area contributed by atoms with E-state index in [4.69, 9.17) is 0 Å². The van der Waals surface area contributed by atoms with Crippen molar-refractivity contribution in [3.05, 3.63) is 30.3 Å². The minimum absolute atomic E-state index is 0.676. The fourth-order valence-electron chi connectivity index (χ4n) is 3.13. The van der Waals surface area contributed by atoms with Gasteiger partial charge in [-0.1, -0.05) is 44.4 Å². The maximum absolute atomic E-state index is 3.82. The lowest BCUT2D eigenvalue weighted by atomic mass is 10.0. The van der Waals surface area contributed by atoms with Crippen molar-refractivity contribution in [2.75, 3.05) is 18.0 Å². The van der Waals surface area contributed by atoms with Crippen LogP contribution < -0.4 is 10.2 Å². The van der Waals surface area contributed by atoms with Crippen LogP contribution in [-0.2, 0) is 0 Å². The number of anilines is 1. The van der Waals surface area contributed by atoms with Gasteiger partial charge in [0.2, 0.25) is 0 Å². The first-order valence-electron chi connectivity index (χ1n) is 8.35. The maximum Gasteiger partial charge on any atom is 0.0366 e. The summed E-state index contributed by atoms with van der Waals surface area (Å²) in [6.45, 7) is 6.99. The number of unbranched alkanes of at least 4 members (excludes halogenated alkanes) is 2. The first kappa shape index (κ1) is 15.4. The van der Waals surface area contributed by atoms with Crippen molar-refractivity contribution in [3.8, 4) is 0 Å². The Labute approximate surface area is 124 Å². The van der Waals surface area contributed by atoms with Crippen LogP contribution in [0, 0.1) is 0 Å². The fourth-order valence-corrected chi connectivity index (χ4v) is 3.13. The molecule has 1 aromatic rings. The van der Waals surface area contributed by atoms with Crippen LogP contribution in [0.5, 0.6) is 0 Å². The first-order valence-corrected chi connectivity index (χ1v) is 8.35. The average Bonchev–Trinajstić information content (AvgIpc) is 2.49. The van der Waals surface area contributed by atoms with E-state index >= 15 is 0 Å². The molecule has 0 amide bonds. The summed E-state index contributed by atoms with van der Waals surface area (Å²) in [5, 5.41) is 3.82. The standard InChI is InChI=1S/C18H30N2/c1-3-4-6-9-16(2)19-17-12-14-20(15-13-17)18-10-7-5-8-11-18/h5,7-8,10-11,16-17,19H,3-4,6,9,12-15H2,1-2H3. The summed E-state index contributed by atoms with van der Waals surface area (Å²) in [5.74, 6) is 0. The van der Waals surface area contributed by atoms with Crippen LogP contribution in [0.1, 0.15) is 52.4 Å². The van der Waals surface area contributed by atoms with Gasteiger partial charge < -0.3 is 10.2 Å². The van der Waals surface area contributed by atoms with Crippen LogP contribution in [0.25, 0.3) is 0 Å². The molecule has 1 aromatic carbocycles. The first-order chi connectivity index (χ1) is 9.79. The smallest absolute Gasteiger partial charge is 0.0366 e. The molecule has 1 aliphatic heterocycles. The van der Waals surface area contributed by atoms with Gasteiger partial charge in [0, 0.05) is 30.9 Å². The minimum atomic E-state index is 0.676. The third-order valence-electron chi connectivity index (χ3n) is 4.38. The highest BCUT2D eigenvalue weighted by Crippen LogP contribution is 2.20. The zero-order valence-corrected chi connectivity index (χ0v) is 13.1. The Balaban J connectivity index is 1.69. The lowest BCUT2D eigenvalue weighted by Crippen LogP contribution is -2.45. The second kappa shape index (κ2) is 8.31. The molecular weight excluding hydrogens is 244 g/mol. The van der Waals surface area contributed by atoms with Crippen LogP contribution in [0.15, 0.2) is 30.3 Å². The highest BCUT2D eigenvalue weighted by Gasteiger charge is 2.20. The third kappa shape index (κ3) is 4.82. The Morgan fingerprint density at radius 1 is 1.15 bits per heavy atom. The summed E-state index contributed by atoms with van der Waals surface area (Å²) in [6.07, 6.45) is 7.93. The van der Waals surface area contributed by atoms with E-state index in [2.05, 4.69) is 54.4 Å². The van der Waals surface area contributed by atoms with Crippen molar-refractivity contribution in [2.24, 2.45) is 0 Å². The van der Waals surface area contributed by atoms with Crippen LogP contribution in [0.4, 0.5) is 5.69 Å². The number of hydrogen-bond acceptors (Lipinski definition) is 2. The fraction of sp³-hybridized carbons (Fsp3) is 0.667. The summed E-state index contributed by atoms with van der Waals surface area (Å²) in [7, 11) is 0. The van der Waals surface area contributed by atoms with Crippen molar-refractivity contribution in [2.45, 2.75) is 64.5 Å². The summed E-state index contributed by atoms with van der Waals surface area (Å²) < 4.78 is 0. The molecule has 1 fully saturated rings. The zero-order valence-electron chi connectivity index (χ0n) is 13.1. The second-order valence-corrected chi connectivity index (χ2v) is 6.16. The summed E-state index contributed by atoms with van der Waals surface area (Å²) in [4.78, 5) is 2.51. The predicted octanol–water partition coefficient (Wildman–Crippen LogP) is 4.21. The third-order valence-corrected chi connectivity index (χ3v) is 4.38. The largest absolute Gasteiger partial charge is 0.371 e. The number of piperidine rings is 1. The van der Waals surface area contributed by atoms with E-state index in [1.54, 1.807) is 0 Å². The topological polar surface area (TPSA) is 15.3 Å². The molecule has 1 N–H and O–H groups in total. The predicted molar refractivity (Wildman–Crippen MR) is 88.4 cm³/mol. The molecule has 0 saturated carbocycles. The highest BCUT2D eigenvalue weighted by molar-refractivity contribution is 5.46. The Morgan fingerprint density at radius 2 is 1.85 bits per heavy atom. The molecular formula is C18H30N2. The van der Waals surface area contributed by atoms with Crippen LogP contribution in [0.2, 0.25) is 0 Å². The number of nitrogens with zero attached hydrogens (tertiary/aromatic N) is 1. The monoisotopic (exact) mass is 274 g/mol.